The third-order valence-corrected chi connectivity index (χ3v) is 6.25. The molecule has 2 aliphatic heterocycles. The molecule has 4 nitrogen and oxygen atoms in total. The number of hydrogen-bond donors (Lipinski definition) is 0. The molecule has 1 fully saturated rings. The molecule has 0 radical (unpaired) electrons. The smallest absolute Gasteiger partial charge is 0.244 e. The Morgan fingerprint density at radius 1 is 0.750 bits per heavy atom. The lowest BCUT2D eigenvalue weighted by Gasteiger charge is -2.14. The first-order valence-corrected chi connectivity index (χ1v) is 9.09. The van der Waals surface area contributed by atoms with Gasteiger partial charge in [-0.3, -0.25) is 0 Å². The van der Waals surface area contributed by atoms with Crippen molar-refractivity contribution in [1.82, 2.24) is 4.47 Å². The zero-order chi connectivity index (χ0) is 16.4. The molecule has 0 bridgehead atoms. The van der Waals surface area contributed by atoms with E-state index in [0.29, 0.717) is 10.5 Å². The van der Waals surface area contributed by atoms with E-state index in [1.807, 2.05) is 66.7 Å². The van der Waals surface area contributed by atoms with Crippen molar-refractivity contribution < 1.29 is 13.3 Å². The maximum absolute atomic E-state index is 12.7. The highest BCUT2D eigenvalue weighted by molar-refractivity contribution is 7.89. The van der Waals surface area contributed by atoms with Gasteiger partial charge in [0.1, 0.15) is 0 Å². The number of hydroxylamine groups is 1. The molecule has 1 unspecified atom stereocenters. The molecule has 24 heavy (non-hydrogen) atoms. The minimum absolute atomic E-state index is 0.319. The van der Waals surface area contributed by atoms with Crippen molar-refractivity contribution in [2.45, 2.75) is 10.6 Å². The molecule has 5 rings (SSSR count). The predicted molar refractivity (Wildman–Crippen MR) is 89.2 cm³/mol. The molecule has 0 aromatic heterocycles. The van der Waals surface area contributed by atoms with Crippen molar-refractivity contribution in [3.63, 3.8) is 0 Å². The third kappa shape index (κ3) is 1.61. The van der Waals surface area contributed by atoms with E-state index in [9.17, 15) is 8.42 Å². The molecule has 2 heterocycles. The van der Waals surface area contributed by atoms with Crippen LogP contribution in [-0.4, -0.2) is 12.9 Å². The minimum atomic E-state index is -3.60. The summed E-state index contributed by atoms with van der Waals surface area (Å²) in [5.41, 5.74) is 2.47. The maximum atomic E-state index is 12.7. The Labute approximate surface area is 139 Å². The van der Waals surface area contributed by atoms with Gasteiger partial charge in [0, 0.05) is 11.1 Å². The average molecular weight is 335 g/mol. The summed E-state index contributed by atoms with van der Waals surface area (Å²) >= 11 is 0. The van der Waals surface area contributed by atoms with E-state index in [1.54, 1.807) is 12.1 Å². The summed E-state index contributed by atoms with van der Waals surface area (Å²) in [6, 6.07) is 24.7. The van der Waals surface area contributed by atoms with Gasteiger partial charge in [-0.2, -0.15) is 0 Å². The molecular formula is C19H13NO3S. The minimum Gasteiger partial charge on any atom is -0.244 e. The zero-order valence-corrected chi connectivity index (χ0v) is 13.4. The second kappa shape index (κ2) is 4.54. The second-order valence-electron chi connectivity index (χ2n) is 5.88. The van der Waals surface area contributed by atoms with Gasteiger partial charge in [-0.1, -0.05) is 72.8 Å². The summed E-state index contributed by atoms with van der Waals surface area (Å²) in [6.07, 6.45) is 0. The summed E-state index contributed by atoms with van der Waals surface area (Å²) in [7, 11) is -3.60. The molecule has 2 atom stereocenters. The van der Waals surface area contributed by atoms with Crippen LogP contribution >= 0.6 is 0 Å². The monoisotopic (exact) mass is 335 g/mol. The maximum Gasteiger partial charge on any atom is 0.269 e. The van der Waals surface area contributed by atoms with Gasteiger partial charge in [-0.25, -0.2) is 13.3 Å². The van der Waals surface area contributed by atoms with Crippen LogP contribution < -0.4 is 0 Å². The Bertz CT molecular complexity index is 1060. The van der Waals surface area contributed by atoms with E-state index in [2.05, 4.69) is 0 Å². The van der Waals surface area contributed by atoms with Gasteiger partial charge < -0.3 is 0 Å². The number of hydrogen-bond acceptors (Lipinski definition) is 3. The SMILES string of the molecule is O=S1(=O)c2ccccc2[C@@]2(c3ccccc3-c3ccccc3)ON21. The molecule has 0 amide bonds. The summed E-state index contributed by atoms with van der Waals surface area (Å²) in [5.74, 6) is 0. The molecule has 0 N–H and O–H groups in total. The third-order valence-electron chi connectivity index (χ3n) is 4.56. The molecule has 0 aliphatic carbocycles. The normalized spacial score (nSPS) is 25.8. The van der Waals surface area contributed by atoms with Crippen LogP contribution in [0.15, 0.2) is 83.8 Å². The highest BCUT2D eigenvalue weighted by Gasteiger charge is 2.72. The Kier molecular flexibility index (Phi) is 2.63. The lowest BCUT2D eigenvalue weighted by atomic mass is 9.90. The lowest BCUT2D eigenvalue weighted by Crippen LogP contribution is -2.14. The highest BCUT2D eigenvalue weighted by atomic mass is 32.2. The quantitative estimate of drug-likeness (QED) is 0.674. The Balaban J connectivity index is 1.79. The Morgan fingerprint density at radius 3 is 2.17 bits per heavy atom. The molecule has 5 heteroatoms. The van der Waals surface area contributed by atoms with E-state index >= 15 is 0 Å². The van der Waals surface area contributed by atoms with E-state index in [4.69, 9.17) is 4.84 Å². The van der Waals surface area contributed by atoms with Crippen molar-refractivity contribution in [2.24, 2.45) is 0 Å². The van der Waals surface area contributed by atoms with Crippen LogP contribution in [0.25, 0.3) is 11.1 Å². The first kappa shape index (κ1) is 13.9. The van der Waals surface area contributed by atoms with Crippen LogP contribution in [0.3, 0.4) is 0 Å². The van der Waals surface area contributed by atoms with Crippen LogP contribution in [0.1, 0.15) is 11.1 Å². The summed E-state index contributed by atoms with van der Waals surface area (Å²) in [5, 5.41) is 0. The van der Waals surface area contributed by atoms with Crippen molar-refractivity contribution >= 4 is 10.0 Å². The topological polar surface area (TPSA) is 49.7 Å². The molecular weight excluding hydrogens is 322 g/mol. The van der Waals surface area contributed by atoms with Crippen molar-refractivity contribution in [3.8, 4) is 11.1 Å². The average Bonchev–Trinajstić information content (AvgIpc) is 3.36. The van der Waals surface area contributed by atoms with E-state index in [-0.39, 0.29) is 0 Å². The molecule has 0 saturated carbocycles. The van der Waals surface area contributed by atoms with Crippen molar-refractivity contribution in [2.75, 3.05) is 0 Å². The van der Waals surface area contributed by atoms with Crippen LogP contribution in [0.2, 0.25) is 0 Å². The zero-order valence-electron chi connectivity index (χ0n) is 12.6. The predicted octanol–water partition coefficient (Wildman–Crippen LogP) is 3.50. The Morgan fingerprint density at radius 2 is 1.38 bits per heavy atom. The van der Waals surface area contributed by atoms with Gasteiger partial charge >= 0.3 is 0 Å². The van der Waals surface area contributed by atoms with E-state index in [1.165, 1.54) is 0 Å². The fraction of sp³-hybridized carbons (Fsp3) is 0.0526. The summed E-state index contributed by atoms with van der Waals surface area (Å²) in [6.45, 7) is 0. The number of sulfonamides is 1. The van der Waals surface area contributed by atoms with Crippen molar-refractivity contribution in [3.05, 3.63) is 90.0 Å². The number of nitrogens with zero attached hydrogens (tertiary/aromatic N) is 1. The fourth-order valence-electron chi connectivity index (χ4n) is 3.47. The van der Waals surface area contributed by atoms with Crippen LogP contribution in [0, 0.1) is 0 Å². The van der Waals surface area contributed by atoms with Gasteiger partial charge in [0.15, 0.2) is 0 Å². The second-order valence-corrected chi connectivity index (χ2v) is 7.60. The molecule has 0 spiro atoms. The summed E-state index contributed by atoms with van der Waals surface area (Å²) in [4.78, 5) is 5.99. The highest BCUT2D eigenvalue weighted by Crippen LogP contribution is 2.61. The lowest BCUT2D eigenvalue weighted by molar-refractivity contribution is 0.259. The van der Waals surface area contributed by atoms with Crippen LogP contribution in [0.5, 0.6) is 0 Å². The standard InChI is InChI=1S/C19H13NO3S/c21-24(22)18-13-7-6-12-17(18)19(20(24)23-19)16-11-5-4-10-15(16)14-8-2-1-3-9-14/h1-13H/t19-,20?/m1/s1. The first-order chi connectivity index (χ1) is 11.7. The van der Waals surface area contributed by atoms with Gasteiger partial charge in [-0.05, 0) is 21.7 Å². The van der Waals surface area contributed by atoms with Gasteiger partial charge in [0.25, 0.3) is 10.0 Å². The first-order valence-electron chi connectivity index (χ1n) is 7.65. The van der Waals surface area contributed by atoms with Gasteiger partial charge in [0.2, 0.25) is 5.72 Å². The molecule has 2 aliphatic rings. The number of fused-ring (bicyclic) bond motifs is 3. The van der Waals surface area contributed by atoms with Crippen LogP contribution in [-0.2, 0) is 20.6 Å². The fourth-order valence-corrected chi connectivity index (χ4v) is 5.12. The number of benzene rings is 3. The molecule has 3 aromatic carbocycles. The Hall–Kier alpha value is -2.47. The number of rotatable bonds is 2. The van der Waals surface area contributed by atoms with E-state index in [0.717, 1.165) is 21.2 Å². The van der Waals surface area contributed by atoms with Crippen LogP contribution in [0.4, 0.5) is 0 Å². The largest absolute Gasteiger partial charge is 0.269 e. The molecule has 118 valence electrons. The molecule has 3 aromatic rings. The van der Waals surface area contributed by atoms with Crippen molar-refractivity contribution in [1.29, 1.82) is 0 Å². The van der Waals surface area contributed by atoms with Gasteiger partial charge in [0.05, 0.1) is 4.90 Å². The summed E-state index contributed by atoms with van der Waals surface area (Å²) < 4.78 is 26.4. The van der Waals surface area contributed by atoms with E-state index < -0.39 is 15.7 Å². The van der Waals surface area contributed by atoms with Gasteiger partial charge in [-0.15, -0.1) is 0 Å². The molecule has 1 saturated heterocycles.